The van der Waals surface area contributed by atoms with Crippen molar-refractivity contribution >= 4 is 45.4 Å². The fourth-order valence-electron chi connectivity index (χ4n) is 1.73. The number of nitrogens with zero attached hydrogens (tertiary/aromatic N) is 1. The monoisotopic (exact) mass is 323 g/mol. The van der Waals surface area contributed by atoms with Crippen molar-refractivity contribution in [1.82, 2.24) is 5.32 Å². The second kappa shape index (κ2) is 8.09. The highest BCUT2D eigenvalue weighted by Gasteiger charge is 2.11. The fraction of sp³-hybridized carbons (Fsp3) is 0.357. The molecule has 7 heteroatoms. The van der Waals surface area contributed by atoms with E-state index in [0.29, 0.717) is 23.5 Å². The van der Waals surface area contributed by atoms with Gasteiger partial charge < -0.3 is 10.6 Å². The molecule has 0 spiro atoms. The molecule has 5 nitrogen and oxygen atoms in total. The SMILES string of the molecule is CCNC(=O)c1cccc(NC(=O)CSC2=NCCS2)c1. The van der Waals surface area contributed by atoms with Crippen LogP contribution in [0.1, 0.15) is 17.3 Å². The summed E-state index contributed by atoms with van der Waals surface area (Å²) >= 11 is 3.13. The van der Waals surface area contributed by atoms with Gasteiger partial charge in [0, 0.05) is 23.5 Å². The van der Waals surface area contributed by atoms with Gasteiger partial charge in [-0.2, -0.15) is 0 Å². The van der Waals surface area contributed by atoms with E-state index in [9.17, 15) is 9.59 Å². The van der Waals surface area contributed by atoms with Crippen LogP contribution in [0.4, 0.5) is 5.69 Å². The lowest BCUT2D eigenvalue weighted by Gasteiger charge is -2.07. The molecule has 0 bridgehead atoms. The molecule has 2 N–H and O–H groups in total. The summed E-state index contributed by atoms with van der Waals surface area (Å²) in [6.45, 7) is 3.28. The second-order valence-corrected chi connectivity index (χ2v) is 6.58. The molecule has 1 aliphatic rings. The van der Waals surface area contributed by atoms with Gasteiger partial charge >= 0.3 is 0 Å². The summed E-state index contributed by atoms with van der Waals surface area (Å²) in [5.74, 6) is 1.10. The fourth-order valence-corrected chi connectivity index (χ4v) is 3.54. The van der Waals surface area contributed by atoms with Crippen LogP contribution >= 0.6 is 23.5 Å². The van der Waals surface area contributed by atoms with Crippen LogP contribution in [0.5, 0.6) is 0 Å². The van der Waals surface area contributed by atoms with Crippen molar-refractivity contribution in [1.29, 1.82) is 0 Å². The summed E-state index contributed by atoms with van der Waals surface area (Å²) in [6.07, 6.45) is 0. The molecule has 0 atom stereocenters. The van der Waals surface area contributed by atoms with Crippen LogP contribution in [0, 0.1) is 0 Å². The Morgan fingerprint density at radius 2 is 2.29 bits per heavy atom. The summed E-state index contributed by atoms with van der Waals surface area (Å²) in [5, 5.41) is 5.53. The number of rotatable bonds is 5. The van der Waals surface area contributed by atoms with E-state index >= 15 is 0 Å². The van der Waals surface area contributed by atoms with Gasteiger partial charge in [0.15, 0.2) is 0 Å². The van der Waals surface area contributed by atoms with E-state index in [1.165, 1.54) is 11.8 Å². The van der Waals surface area contributed by atoms with E-state index in [1.54, 1.807) is 36.0 Å². The van der Waals surface area contributed by atoms with Gasteiger partial charge in [-0.05, 0) is 25.1 Å². The zero-order valence-electron chi connectivity index (χ0n) is 11.7. The lowest BCUT2D eigenvalue weighted by Crippen LogP contribution is -2.23. The van der Waals surface area contributed by atoms with Crippen LogP contribution < -0.4 is 10.6 Å². The predicted molar refractivity (Wildman–Crippen MR) is 90.3 cm³/mol. The third-order valence-corrected chi connectivity index (χ3v) is 4.88. The molecule has 0 unspecified atom stereocenters. The van der Waals surface area contributed by atoms with Gasteiger partial charge in [0.1, 0.15) is 4.38 Å². The third kappa shape index (κ3) is 5.09. The summed E-state index contributed by atoms with van der Waals surface area (Å²) in [5.41, 5.74) is 1.17. The van der Waals surface area contributed by atoms with Crippen molar-refractivity contribution in [2.45, 2.75) is 6.92 Å². The van der Waals surface area contributed by atoms with Crippen molar-refractivity contribution in [2.24, 2.45) is 4.99 Å². The van der Waals surface area contributed by atoms with Gasteiger partial charge in [0.05, 0.1) is 12.3 Å². The van der Waals surface area contributed by atoms with Crippen molar-refractivity contribution in [3.8, 4) is 0 Å². The minimum absolute atomic E-state index is 0.0942. The lowest BCUT2D eigenvalue weighted by molar-refractivity contribution is -0.113. The first-order valence-electron chi connectivity index (χ1n) is 6.67. The van der Waals surface area contributed by atoms with E-state index in [1.807, 2.05) is 6.92 Å². The summed E-state index contributed by atoms with van der Waals surface area (Å²) < 4.78 is 0.973. The number of carbonyl (C=O) groups excluding carboxylic acids is 2. The Labute approximate surface area is 132 Å². The Balaban J connectivity index is 1.88. The van der Waals surface area contributed by atoms with Gasteiger partial charge in [0.2, 0.25) is 5.91 Å². The topological polar surface area (TPSA) is 70.6 Å². The number of nitrogens with one attached hydrogen (secondary N) is 2. The molecule has 0 saturated carbocycles. The molecule has 1 aromatic rings. The number of benzene rings is 1. The molecular weight excluding hydrogens is 306 g/mol. The zero-order chi connectivity index (χ0) is 15.1. The quantitative estimate of drug-likeness (QED) is 0.871. The van der Waals surface area contributed by atoms with Crippen LogP contribution in [-0.4, -0.2) is 40.8 Å². The standard InChI is InChI=1S/C14H17N3O2S2/c1-2-15-13(19)10-4-3-5-11(8-10)17-12(18)9-21-14-16-6-7-20-14/h3-5,8H,2,6-7,9H2,1H3,(H,15,19)(H,17,18). The lowest BCUT2D eigenvalue weighted by atomic mass is 10.2. The molecule has 0 saturated heterocycles. The number of hydrogen-bond donors (Lipinski definition) is 2. The van der Waals surface area contributed by atoms with Gasteiger partial charge in [-0.15, -0.1) is 0 Å². The average Bonchev–Trinajstić information content (AvgIpc) is 2.99. The van der Waals surface area contributed by atoms with Gasteiger partial charge in [-0.3, -0.25) is 14.6 Å². The average molecular weight is 323 g/mol. The highest BCUT2D eigenvalue weighted by molar-refractivity contribution is 8.39. The Kier molecular flexibility index (Phi) is 6.13. The number of anilines is 1. The molecule has 2 amide bonds. The molecule has 1 heterocycles. The maximum atomic E-state index is 11.9. The van der Waals surface area contributed by atoms with Crippen LogP contribution in [0.3, 0.4) is 0 Å². The van der Waals surface area contributed by atoms with Gasteiger partial charge in [-0.25, -0.2) is 0 Å². The van der Waals surface area contributed by atoms with Crippen LogP contribution in [-0.2, 0) is 4.79 Å². The van der Waals surface area contributed by atoms with E-state index in [0.717, 1.165) is 16.7 Å². The van der Waals surface area contributed by atoms with Gasteiger partial charge in [0.25, 0.3) is 5.91 Å². The summed E-state index contributed by atoms with van der Waals surface area (Å²) in [4.78, 5) is 27.9. The van der Waals surface area contributed by atoms with Crippen LogP contribution in [0.2, 0.25) is 0 Å². The molecular formula is C14H17N3O2S2. The minimum Gasteiger partial charge on any atom is -0.352 e. The number of carbonyl (C=O) groups is 2. The Bertz CT molecular complexity index is 561. The van der Waals surface area contributed by atoms with E-state index in [4.69, 9.17) is 0 Å². The van der Waals surface area contributed by atoms with E-state index < -0.39 is 0 Å². The molecule has 0 aromatic heterocycles. The largest absolute Gasteiger partial charge is 0.352 e. The van der Waals surface area contributed by atoms with Crippen LogP contribution in [0.15, 0.2) is 29.3 Å². The highest BCUT2D eigenvalue weighted by Crippen LogP contribution is 2.22. The first kappa shape index (κ1) is 15.9. The van der Waals surface area contributed by atoms with E-state index in [2.05, 4.69) is 15.6 Å². The third-order valence-electron chi connectivity index (χ3n) is 2.63. The number of thioether (sulfide) groups is 2. The van der Waals surface area contributed by atoms with Crippen molar-refractivity contribution in [2.75, 3.05) is 29.9 Å². The highest BCUT2D eigenvalue weighted by atomic mass is 32.2. The minimum atomic E-state index is -0.139. The number of hydrogen-bond acceptors (Lipinski definition) is 5. The molecule has 112 valence electrons. The molecule has 1 aromatic carbocycles. The van der Waals surface area contributed by atoms with Gasteiger partial charge in [-0.1, -0.05) is 29.6 Å². The van der Waals surface area contributed by atoms with E-state index in [-0.39, 0.29) is 11.8 Å². The molecule has 21 heavy (non-hydrogen) atoms. The molecule has 2 rings (SSSR count). The summed E-state index contributed by atoms with van der Waals surface area (Å²) in [6, 6.07) is 6.92. The smallest absolute Gasteiger partial charge is 0.251 e. The number of aliphatic imine (C=N–C) groups is 1. The summed E-state index contributed by atoms with van der Waals surface area (Å²) in [7, 11) is 0. The maximum Gasteiger partial charge on any atom is 0.251 e. The molecule has 0 fully saturated rings. The Morgan fingerprint density at radius 3 is 3.00 bits per heavy atom. The normalized spacial score (nSPS) is 13.7. The predicted octanol–water partition coefficient (Wildman–Crippen LogP) is 2.21. The van der Waals surface area contributed by atoms with Crippen molar-refractivity contribution in [3.63, 3.8) is 0 Å². The molecule has 1 aliphatic heterocycles. The zero-order valence-corrected chi connectivity index (χ0v) is 13.4. The second-order valence-electron chi connectivity index (χ2n) is 4.27. The maximum absolute atomic E-state index is 11.9. The number of amides is 2. The Hall–Kier alpha value is -1.47. The van der Waals surface area contributed by atoms with Crippen molar-refractivity contribution in [3.05, 3.63) is 29.8 Å². The Morgan fingerprint density at radius 1 is 1.43 bits per heavy atom. The van der Waals surface area contributed by atoms with Crippen molar-refractivity contribution < 1.29 is 9.59 Å². The first-order valence-corrected chi connectivity index (χ1v) is 8.64. The molecule has 0 aliphatic carbocycles. The molecule has 0 radical (unpaired) electrons. The first-order chi connectivity index (χ1) is 10.2. The van der Waals surface area contributed by atoms with Crippen LogP contribution in [0.25, 0.3) is 0 Å².